The second-order valence-corrected chi connectivity index (χ2v) is 15.1. The van der Waals surface area contributed by atoms with Gasteiger partial charge in [0, 0.05) is 39.3 Å². The van der Waals surface area contributed by atoms with Crippen molar-refractivity contribution < 1.29 is 4.39 Å². The van der Waals surface area contributed by atoms with Gasteiger partial charge in [-0.1, -0.05) is 86.6 Å². The van der Waals surface area contributed by atoms with E-state index >= 15 is 0 Å². The number of para-hydroxylation sites is 1. The summed E-state index contributed by atoms with van der Waals surface area (Å²) >= 11 is 0. The van der Waals surface area contributed by atoms with Gasteiger partial charge in [-0.15, -0.1) is 0 Å². The van der Waals surface area contributed by atoms with Crippen LogP contribution in [0.1, 0.15) is 36.1 Å². The van der Waals surface area contributed by atoms with Gasteiger partial charge in [0.05, 0.1) is 11.0 Å². The van der Waals surface area contributed by atoms with E-state index in [1.807, 2.05) is 6.07 Å². The zero-order valence-electron chi connectivity index (χ0n) is 28.6. The summed E-state index contributed by atoms with van der Waals surface area (Å²) in [6.45, 7) is 4.71. The van der Waals surface area contributed by atoms with Gasteiger partial charge in [0.15, 0.2) is 0 Å². The summed E-state index contributed by atoms with van der Waals surface area (Å²) in [7, 11) is 0. The maximum Gasteiger partial charge on any atom is 0.123 e. The molecule has 244 valence electrons. The van der Waals surface area contributed by atoms with Gasteiger partial charge in [0.25, 0.3) is 0 Å². The van der Waals surface area contributed by atoms with E-state index in [9.17, 15) is 4.39 Å². The lowest BCUT2D eigenvalue weighted by Gasteiger charge is -2.21. The van der Waals surface area contributed by atoms with Crippen molar-refractivity contribution in [3.05, 3.63) is 174 Å². The van der Waals surface area contributed by atoms with Crippen LogP contribution >= 0.6 is 0 Å². The van der Waals surface area contributed by atoms with Crippen molar-refractivity contribution in [2.24, 2.45) is 0 Å². The zero-order valence-corrected chi connectivity index (χ0v) is 28.6. The Bertz CT molecular complexity index is 2750. The van der Waals surface area contributed by atoms with Crippen LogP contribution in [0.3, 0.4) is 0 Å². The van der Waals surface area contributed by atoms with E-state index in [0.29, 0.717) is 6.04 Å². The van der Waals surface area contributed by atoms with Gasteiger partial charge in [-0.3, -0.25) is 0 Å². The Balaban J connectivity index is 1.03. The number of benzene rings is 7. The zero-order chi connectivity index (χ0) is 34.0. The first-order valence-corrected chi connectivity index (χ1v) is 18.0. The summed E-state index contributed by atoms with van der Waals surface area (Å²) in [6.07, 6.45) is 1.87. The Kier molecular flexibility index (Phi) is 5.83. The number of hydrogen-bond donors (Lipinski definition) is 0. The first kappa shape index (κ1) is 28.9. The molecular formula is C48H35FN2. The molecule has 1 unspecified atom stereocenters. The standard InChI is InChI=1S/C48H35FN2/c1-48(2)42-14-7-6-13-38(42)39-27-41-40-26-32(16-19-46(40)50(47(41)28-43(39)48)36-11-4-3-5-12-36)30-10-8-9-29(21-30)31-15-18-44-33(22-31)24-37-25-34-23-35(49)17-20-45(34)51(37)44/h3-23,26-28,37H,24-25H2,1-2H3. The van der Waals surface area contributed by atoms with Crippen LogP contribution in [0.15, 0.2) is 146 Å². The number of hydrogen-bond acceptors (Lipinski definition) is 1. The molecule has 2 nitrogen and oxygen atoms in total. The third-order valence-electron chi connectivity index (χ3n) is 11.9. The molecule has 0 fully saturated rings. The van der Waals surface area contributed by atoms with E-state index in [1.165, 1.54) is 83.3 Å². The lowest BCUT2D eigenvalue weighted by Crippen LogP contribution is -2.22. The number of rotatable bonds is 3. The van der Waals surface area contributed by atoms with E-state index in [1.54, 1.807) is 12.1 Å². The number of nitrogens with zero attached hydrogens (tertiary/aromatic N) is 2. The highest BCUT2D eigenvalue weighted by molar-refractivity contribution is 6.12. The minimum atomic E-state index is -0.148. The average Bonchev–Trinajstić information content (AvgIpc) is 3.86. The fraction of sp³-hybridized carbons (Fsp3) is 0.125. The summed E-state index contributed by atoms with van der Waals surface area (Å²) in [6, 6.07) is 53.0. The molecule has 0 radical (unpaired) electrons. The third kappa shape index (κ3) is 4.09. The molecule has 0 saturated heterocycles. The Morgan fingerprint density at radius 3 is 2.02 bits per heavy atom. The highest BCUT2D eigenvalue weighted by Crippen LogP contribution is 2.51. The van der Waals surface area contributed by atoms with Crippen LogP contribution in [0.4, 0.5) is 15.8 Å². The summed E-state index contributed by atoms with van der Waals surface area (Å²) in [5, 5.41) is 2.54. The third-order valence-corrected chi connectivity index (χ3v) is 11.9. The molecule has 3 heterocycles. The van der Waals surface area contributed by atoms with E-state index in [4.69, 9.17) is 0 Å². The molecule has 0 spiro atoms. The second-order valence-electron chi connectivity index (χ2n) is 15.1. The Labute approximate surface area is 297 Å². The van der Waals surface area contributed by atoms with Crippen molar-refractivity contribution >= 4 is 33.2 Å². The van der Waals surface area contributed by atoms with Crippen LogP contribution < -0.4 is 4.90 Å². The molecule has 1 atom stereocenters. The van der Waals surface area contributed by atoms with Gasteiger partial charge >= 0.3 is 0 Å². The molecule has 0 bridgehead atoms. The predicted octanol–water partition coefficient (Wildman–Crippen LogP) is 12.2. The predicted molar refractivity (Wildman–Crippen MR) is 209 cm³/mol. The van der Waals surface area contributed by atoms with Crippen molar-refractivity contribution in [2.75, 3.05) is 4.90 Å². The molecule has 7 aromatic carbocycles. The van der Waals surface area contributed by atoms with E-state index < -0.39 is 0 Å². The minimum absolute atomic E-state index is 0.0681. The first-order chi connectivity index (χ1) is 24.9. The highest BCUT2D eigenvalue weighted by Gasteiger charge is 2.38. The summed E-state index contributed by atoms with van der Waals surface area (Å²) in [4.78, 5) is 2.42. The summed E-state index contributed by atoms with van der Waals surface area (Å²) in [5.74, 6) is -0.148. The van der Waals surface area contributed by atoms with Gasteiger partial charge in [-0.2, -0.15) is 0 Å². The molecule has 8 aromatic rings. The van der Waals surface area contributed by atoms with Gasteiger partial charge in [0.1, 0.15) is 5.82 Å². The Morgan fingerprint density at radius 1 is 0.529 bits per heavy atom. The molecule has 51 heavy (non-hydrogen) atoms. The Morgan fingerprint density at radius 2 is 1.20 bits per heavy atom. The average molecular weight is 659 g/mol. The normalized spacial score (nSPS) is 16.3. The number of anilines is 2. The molecule has 1 aliphatic carbocycles. The maximum atomic E-state index is 13.9. The van der Waals surface area contributed by atoms with Crippen molar-refractivity contribution in [1.82, 2.24) is 4.57 Å². The number of fused-ring (bicyclic) bond motifs is 11. The van der Waals surface area contributed by atoms with Gasteiger partial charge < -0.3 is 9.47 Å². The van der Waals surface area contributed by atoms with E-state index in [0.717, 1.165) is 24.1 Å². The highest BCUT2D eigenvalue weighted by atomic mass is 19.1. The van der Waals surface area contributed by atoms with Gasteiger partial charge in [0.2, 0.25) is 0 Å². The largest absolute Gasteiger partial charge is 0.337 e. The van der Waals surface area contributed by atoms with E-state index in [2.05, 4.69) is 151 Å². The van der Waals surface area contributed by atoms with Crippen molar-refractivity contribution in [3.8, 4) is 39.1 Å². The fourth-order valence-electron chi connectivity index (χ4n) is 9.53. The number of halogens is 1. The van der Waals surface area contributed by atoms with Crippen molar-refractivity contribution in [3.63, 3.8) is 0 Å². The molecule has 0 saturated carbocycles. The smallest absolute Gasteiger partial charge is 0.123 e. The first-order valence-electron chi connectivity index (χ1n) is 18.0. The topological polar surface area (TPSA) is 8.17 Å². The molecule has 3 heteroatoms. The van der Waals surface area contributed by atoms with Crippen LogP contribution in [0.5, 0.6) is 0 Å². The lowest BCUT2D eigenvalue weighted by molar-refractivity contribution is 0.625. The van der Waals surface area contributed by atoms with Crippen LogP contribution in [-0.2, 0) is 18.3 Å². The monoisotopic (exact) mass is 658 g/mol. The van der Waals surface area contributed by atoms with Crippen LogP contribution in [-0.4, -0.2) is 10.6 Å². The molecule has 0 amide bonds. The molecule has 11 rings (SSSR count). The Hall–Kier alpha value is -5.93. The van der Waals surface area contributed by atoms with Crippen LogP contribution in [0, 0.1) is 5.82 Å². The second kappa shape index (κ2) is 10.3. The molecule has 1 aromatic heterocycles. The lowest BCUT2D eigenvalue weighted by atomic mass is 9.82. The van der Waals surface area contributed by atoms with Gasteiger partial charge in [-0.05, 0) is 141 Å². The quantitative estimate of drug-likeness (QED) is 0.183. The summed E-state index contributed by atoms with van der Waals surface area (Å²) < 4.78 is 16.4. The SMILES string of the molecule is CC1(C)c2ccccc2-c2cc3c4cc(-c5cccc(-c6ccc7c(c6)CC6Cc8cc(F)ccc8N76)c5)ccc4n(-c4ccccc4)c3cc21. The molecular weight excluding hydrogens is 624 g/mol. The molecule has 0 N–H and O–H groups in total. The van der Waals surface area contributed by atoms with Crippen molar-refractivity contribution in [2.45, 2.75) is 38.1 Å². The molecule has 2 aliphatic heterocycles. The van der Waals surface area contributed by atoms with Gasteiger partial charge in [-0.25, -0.2) is 4.39 Å². The van der Waals surface area contributed by atoms with Crippen LogP contribution in [0.2, 0.25) is 0 Å². The van der Waals surface area contributed by atoms with E-state index in [-0.39, 0.29) is 11.2 Å². The fourth-order valence-corrected chi connectivity index (χ4v) is 9.53. The minimum Gasteiger partial charge on any atom is -0.337 e. The van der Waals surface area contributed by atoms with Crippen molar-refractivity contribution in [1.29, 1.82) is 0 Å². The number of aromatic nitrogens is 1. The molecule has 3 aliphatic rings. The summed E-state index contributed by atoms with van der Waals surface area (Å²) in [5.41, 5.74) is 18.8. The van der Waals surface area contributed by atoms with Crippen LogP contribution in [0.25, 0.3) is 60.9 Å². The maximum absolute atomic E-state index is 13.9.